The monoisotopic (exact) mass is 302 g/mol. The van der Waals surface area contributed by atoms with Gasteiger partial charge in [0.05, 0.1) is 30.2 Å². The number of benzene rings is 1. The van der Waals surface area contributed by atoms with Crippen molar-refractivity contribution in [2.45, 2.75) is 19.1 Å². The number of ether oxygens (including phenoxy) is 1. The number of aromatic nitrogens is 3. The van der Waals surface area contributed by atoms with E-state index in [0.717, 1.165) is 0 Å². The number of hydrogen-bond acceptors (Lipinski definition) is 5. The molecule has 1 aromatic carbocycles. The molecule has 2 heterocycles. The van der Waals surface area contributed by atoms with Gasteiger partial charge in [0, 0.05) is 20.2 Å². The lowest BCUT2D eigenvalue weighted by molar-refractivity contribution is 0.0765. The normalized spacial score (nSPS) is 17.9. The van der Waals surface area contributed by atoms with Gasteiger partial charge < -0.3 is 14.7 Å². The molecule has 1 fully saturated rings. The fourth-order valence-corrected chi connectivity index (χ4v) is 2.58. The minimum Gasteiger partial charge on any atom is -0.391 e. The summed E-state index contributed by atoms with van der Waals surface area (Å²) in [5.74, 6) is -0.101. The largest absolute Gasteiger partial charge is 0.391 e. The van der Waals surface area contributed by atoms with Crippen molar-refractivity contribution in [3.05, 3.63) is 41.7 Å². The van der Waals surface area contributed by atoms with Crippen LogP contribution in [-0.2, 0) is 11.3 Å². The zero-order valence-electron chi connectivity index (χ0n) is 12.3. The van der Waals surface area contributed by atoms with Gasteiger partial charge in [-0.2, -0.15) is 0 Å². The third kappa shape index (κ3) is 2.86. The summed E-state index contributed by atoms with van der Waals surface area (Å²) in [6.45, 7) is 1.31. The number of nitrogens with zero attached hydrogens (tertiary/aromatic N) is 4. The third-order valence-corrected chi connectivity index (χ3v) is 3.66. The summed E-state index contributed by atoms with van der Waals surface area (Å²) in [5.41, 5.74) is 1.91. The Balaban J connectivity index is 1.90. The highest BCUT2D eigenvalue weighted by Crippen LogP contribution is 2.19. The van der Waals surface area contributed by atoms with Crippen molar-refractivity contribution in [2.24, 2.45) is 0 Å². The van der Waals surface area contributed by atoms with Crippen molar-refractivity contribution >= 4 is 5.91 Å². The molecule has 7 heteroatoms. The van der Waals surface area contributed by atoms with E-state index < -0.39 is 6.10 Å². The predicted octanol–water partition coefficient (Wildman–Crippen LogP) is 0.620. The first-order chi connectivity index (χ1) is 10.7. The van der Waals surface area contributed by atoms with Gasteiger partial charge in [0.1, 0.15) is 5.69 Å². The molecule has 1 amide bonds. The number of aliphatic hydroxyl groups excluding tert-OH is 1. The summed E-state index contributed by atoms with van der Waals surface area (Å²) in [6, 6.07) is 7.25. The topological polar surface area (TPSA) is 80.5 Å². The molecule has 0 spiro atoms. The van der Waals surface area contributed by atoms with Gasteiger partial charge in [0.2, 0.25) is 0 Å². The summed E-state index contributed by atoms with van der Waals surface area (Å²) in [4.78, 5) is 14.3. The van der Waals surface area contributed by atoms with Gasteiger partial charge in [0.15, 0.2) is 0 Å². The predicted molar refractivity (Wildman–Crippen MR) is 78.6 cm³/mol. The Morgan fingerprint density at radius 2 is 2.27 bits per heavy atom. The van der Waals surface area contributed by atoms with Crippen molar-refractivity contribution in [1.82, 2.24) is 19.9 Å². The summed E-state index contributed by atoms with van der Waals surface area (Å²) >= 11 is 0. The number of amides is 1. The molecule has 22 heavy (non-hydrogen) atoms. The van der Waals surface area contributed by atoms with Crippen molar-refractivity contribution < 1.29 is 14.6 Å². The number of methoxy groups -OCH3 is 1. The van der Waals surface area contributed by atoms with E-state index in [4.69, 9.17) is 4.74 Å². The minimum atomic E-state index is -0.434. The fraction of sp³-hybridized carbons (Fsp3) is 0.400. The van der Waals surface area contributed by atoms with Gasteiger partial charge in [-0.1, -0.05) is 17.3 Å². The third-order valence-electron chi connectivity index (χ3n) is 3.66. The maximum atomic E-state index is 12.6. The zero-order chi connectivity index (χ0) is 15.5. The molecule has 116 valence electrons. The number of para-hydroxylation sites is 1. The van der Waals surface area contributed by atoms with E-state index in [0.29, 0.717) is 43.1 Å². The highest BCUT2D eigenvalue weighted by Gasteiger charge is 2.27. The van der Waals surface area contributed by atoms with Crippen LogP contribution in [0.3, 0.4) is 0 Å². The van der Waals surface area contributed by atoms with Crippen molar-refractivity contribution in [3.63, 3.8) is 0 Å². The number of likely N-dealkylation sites (tertiary alicyclic amines) is 1. The molecule has 1 atom stereocenters. The van der Waals surface area contributed by atoms with Crippen molar-refractivity contribution in [3.8, 4) is 5.69 Å². The van der Waals surface area contributed by atoms with E-state index in [9.17, 15) is 9.90 Å². The molecule has 1 aliphatic heterocycles. The second-order valence-corrected chi connectivity index (χ2v) is 5.30. The molecule has 2 aromatic rings. The molecule has 7 nitrogen and oxygen atoms in total. The van der Waals surface area contributed by atoms with Gasteiger partial charge in [-0.15, -0.1) is 5.10 Å². The van der Waals surface area contributed by atoms with Gasteiger partial charge in [-0.05, 0) is 18.6 Å². The second kappa shape index (κ2) is 6.25. The molecule has 0 unspecified atom stereocenters. The van der Waals surface area contributed by atoms with Crippen LogP contribution < -0.4 is 0 Å². The number of carbonyl (C=O) groups excluding carboxylic acids is 1. The van der Waals surface area contributed by atoms with Crippen LogP contribution in [0.2, 0.25) is 0 Å². The SMILES string of the molecule is COCc1cn(-c2ccccc2C(=O)N2CC[C@@H](O)C2)nn1. The highest BCUT2D eigenvalue weighted by atomic mass is 16.5. The summed E-state index contributed by atoms with van der Waals surface area (Å²) in [6.07, 6.45) is 1.93. The lowest BCUT2D eigenvalue weighted by Crippen LogP contribution is -2.30. The number of β-amino-alcohol motifs (C(OH)–C–C–N with tert-alkyl or cyclic N) is 1. The number of aliphatic hydroxyl groups is 1. The van der Waals surface area contributed by atoms with Crippen LogP contribution >= 0.6 is 0 Å². The van der Waals surface area contributed by atoms with Crippen LogP contribution in [0.4, 0.5) is 0 Å². The Morgan fingerprint density at radius 3 is 3.00 bits per heavy atom. The van der Waals surface area contributed by atoms with Crippen molar-refractivity contribution in [2.75, 3.05) is 20.2 Å². The number of carbonyl (C=O) groups is 1. The molecule has 0 bridgehead atoms. The summed E-state index contributed by atoms with van der Waals surface area (Å²) in [5, 5.41) is 17.7. The quantitative estimate of drug-likeness (QED) is 0.895. The molecular weight excluding hydrogens is 284 g/mol. The molecule has 1 saturated heterocycles. The Labute approximate surface area is 128 Å². The molecule has 0 saturated carbocycles. The first kappa shape index (κ1) is 14.7. The van der Waals surface area contributed by atoms with Crippen molar-refractivity contribution in [1.29, 1.82) is 0 Å². The van der Waals surface area contributed by atoms with Crippen LogP contribution in [0.1, 0.15) is 22.5 Å². The lowest BCUT2D eigenvalue weighted by atomic mass is 10.1. The first-order valence-electron chi connectivity index (χ1n) is 7.16. The molecule has 0 aliphatic carbocycles. The van der Waals surface area contributed by atoms with Crippen LogP contribution in [0, 0.1) is 0 Å². The Kier molecular flexibility index (Phi) is 4.17. The number of hydrogen-bond donors (Lipinski definition) is 1. The van der Waals surface area contributed by atoms with E-state index in [1.165, 1.54) is 0 Å². The van der Waals surface area contributed by atoms with Crippen LogP contribution in [0.25, 0.3) is 5.69 Å². The Bertz CT molecular complexity index is 670. The molecule has 1 aromatic heterocycles. The van der Waals surface area contributed by atoms with Gasteiger partial charge in [0.25, 0.3) is 5.91 Å². The van der Waals surface area contributed by atoms with E-state index >= 15 is 0 Å². The maximum Gasteiger partial charge on any atom is 0.256 e. The summed E-state index contributed by atoms with van der Waals surface area (Å²) < 4.78 is 6.61. The first-order valence-corrected chi connectivity index (χ1v) is 7.16. The average Bonchev–Trinajstić information content (AvgIpc) is 3.16. The average molecular weight is 302 g/mol. The van der Waals surface area contributed by atoms with E-state index in [1.54, 1.807) is 29.0 Å². The fourth-order valence-electron chi connectivity index (χ4n) is 2.58. The Hall–Kier alpha value is -2.25. The molecule has 3 rings (SSSR count). The molecule has 0 radical (unpaired) electrons. The van der Waals surface area contributed by atoms with Gasteiger partial charge in [-0.3, -0.25) is 4.79 Å². The van der Waals surface area contributed by atoms with E-state index in [-0.39, 0.29) is 5.91 Å². The van der Waals surface area contributed by atoms with Crippen LogP contribution in [0.5, 0.6) is 0 Å². The second-order valence-electron chi connectivity index (χ2n) is 5.30. The summed E-state index contributed by atoms with van der Waals surface area (Å²) in [7, 11) is 1.59. The van der Waals surface area contributed by atoms with Crippen LogP contribution in [-0.4, -0.2) is 57.2 Å². The smallest absolute Gasteiger partial charge is 0.256 e. The highest BCUT2D eigenvalue weighted by molar-refractivity contribution is 5.97. The van der Waals surface area contributed by atoms with Crippen LogP contribution in [0.15, 0.2) is 30.5 Å². The maximum absolute atomic E-state index is 12.6. The van der Waals surface area contributed by atoms with E-state index in [1.807, 2.05) is 18.2 Å². The van der Waals surface area contributed by atoms with Gasteiger partial charge >= 0.3 is 0 Å². The molecule has 1 aliphatic rings. The molecule has 1 N–H and O–H groups in total. The van der Waals surface area contributed by atoms with E-state index in [2.05, 4.69) is 10.3 Å². The number of rotatable bonds is 4. The lowest BCUT2D eigenvalue weighted by Gasteiger charge is -2.17. The van der Waals surface area contributed by atoms with Gasteiger partial charge in [-0.25, -0.2) is 4.68 Å². The Morgan fingerprint density at radius 1 is 1.45 bits per heavy atom. The zero-order valence-corrected chi connectivity index (χ0v) is 12.3. The molecular formula is C15H18N4O3. The standard InChI is InChI=1S/C15H18N4O3/c1-22-10-11-8-19(17-16-11)14-5-3-2-4-13(14)15(21)18-7-6-12(20)9-18/h2-5,8,12,20H,6-7,9-10H2,1H3/t12-/m1/s1. The minimum absolute atomic E-state index is 0.101.